The van der Waals surface area contributed by atoms with E-state index in [1.54, 1.807) is 0 Å². The van der Waals surface area contributed by atoms with Crippen LogP contribution in [0.25, 0.3) is 0 Å². The number of amides is 1. The highest BCUT2D eigenvalue weighted by molar-refractivity contribution is 5.85. The van der Waals surface area contributed by atoms with E-state index in [0.29, 0.717) is 13.1 Å². The third-order valence-electron chi connectivity index (χ3n) is 4.20. The largest absolute Gasteiger partial charge is 0.376 e. The van der Waals surface area contributed by atoms with Crippen molar-refractivity contribution in [1.82, 2.24) is 4.90 Å². The van der Waals surface area contributed by atoms with Gasteiger partial charge in [-0.25, -0.2) is 0 Å². The second kappa shape index (κ2) is 5.71. The number of nitrogens with zero attached hydrogens (tertiary/aromatic N) is 2. The Kier molecular flexibility index (Phi) is 4.23. The molecule has 1 unspecified atom stereocenters. The summed E-state index contributed by atoms with van der Waals surface area (Å²) in [6.07, 6.45) is 5.73. The summed E-state index contributed by atoms with van der Waals surface area (Å²) in [5, 5.41) is 9.36. The lowest BCUT2D eigenvalue weighted by Crippen LogP contribution is -2.45. The van der Waals surface area contributed by atoms with Gasteiger partial charge in [0, 0.05) is 19.7 Å². The van der Waals surface area contributed by atoms with Gasteiger partial charge in [0.2, 0.25) is 5.91 Å². The van der Waals surface area contributed by atoms with Gasteiger partial charge >= 0.3 is 0 Å². The normalized spacial score (nSPS) is 25.9. The van der Waals surface area contributed by atoms with E-state index in [1.165, 1.54) is 0 Å². The molecule has 0 aromatic heterocycles. The maximum atomic E-state index is 12.6. The number of carbonyl (C=O) groups is 1. The van der Waals surface area contributed by atoms with Crippen LogP contribution in [0.1, 0.15) is 45.4 Å². The maximum Gasteiger partial charge on any atom is 0.243 e. The highest BCUT2D eigenvalue weighted by Crippen LogP contribution is 2.39. The van der Waals surface area contributed by atoms with Crippen LogP contribution in [-0.4, -0.2) is 36.6 Å². The predicted molar refractivity (Wildman–Crippen MR) is 67.7 cm³/mol. The highest BCUT2D eigenvalue weighted by Gasteiger charge is 2.44. The SMILES string of the molecule is CCN(CC1CCCO1)C(=O)C1(C#N)CCCC1. The number of carbonyl (C=O) groups excluding carboxylic acids is 1. The second-order valence-corrected chi connectivity index (χ2v) is 5.38. The first-order valence-electron chi connectivity index (χ1n) is 7.04. The lowest BCUT2D eigenvalue weighted by Gasteiger charge is -2.30. The van der Waals surface area contributed by atoms with Crippen molar-refractivity contribution in [2.75, 3.05) is 19.7 Å². The molecular weight excluding hydrogens is 228 g/mol. The van der Waals surface area contributed by atoms with Gasteiger partial charge in [0.15, 0.2) is 0 Å². The smallest absolute Gasteiger partial charge is 0.243 e. The zero-order valence-electron chi connectivity index (χ0n) is 11.2. The predicted octanol–water partition coefficient (Wildman–Crippen LogP) is 2.10. The van der Waals surface area contributed by atoms with Crippen molar-refractivity contribution in [2.45, 2.75) is 51.6 Å². The Morgan fingerprint density at radius 2 is 2.17 bits per heavy atom. The summed E-state index contributed by atoms with van der Waals surface area (Å²) in [6.45, 7) is 4.10. The van der Waals surface area contributed by atoms with Gasteiger partial charge in [0.25, 0.3) is 0 Å². The average Bonchev–Trinajstić information content (AvgIpc) is 3.06. The van der Waals surface area contributed by atoms with Crippen molar-refractivity contribution in [3.05, 3.63) is 0 Å². The van der Waals surface area contributed by atoms with E-state index in [-0.39, 0.29) is 12.0 Å². The van der Waals surface area contributed by atoms with Crippen molar-refractivity contribution >= 4 is 5.91 Å². The fourth-order valence-electron chi connectivity index (χ4n) is 3.04. The van der Waals surface area contributed by atoms with Gasteiger partial charge in [-0.3, -0.25) is 4.79 Å². The van der Waals surface area contributed by atoms with Crippen LogP contribution in [0.4, 0.5) is 0 Å². The van der Waals surface area contributed by atoms with Gasteiger partial charge in [0.1, 0.15) is 5.41 Å². The Morgan fingerprint density at radius 1 is 1.44 bits per heavy atom. The minimum absolute atomic E-state index is 0.0282. The third kappa shape index (κ3) is 2.51. The topological polar surface area (TPSA) is 53.3 Å². The molecule has 1 atom stereocenters. The first kappa shape index (κ1) is 13.4. The summed E-state index contributed by atoms with van der Waals surface area (Å²) in [5.41, 5.74) is -0.741. The lowest BCUT2D eigenvalue weighted by atomic mass is 9.86. The molecule has 100 valence electrons. The molecule has 1 aliphatic carbocycles. The van der Waals surface area contributed by atoms with Crippen LogP contribution >= 0.6 is 0 Å². The Morgan fingerprint density at radius 3 is 2.67 bits per heavy atom. The molecule has 0 aromatic rings. The van der Waals surface area contributed by atoms with Crippen LogP contribution in [0.15, 0.2) is 0 Å². The van der Waals surface area contributed by atoms with Crippen LogP contribution < -0.4 is 0 Å². The number of hydrogen-bond acceptors (Lipinski definition) is 3. The van der Waals surface area contributed by atoms with Gasteiger partial charge in [-0.15, -0.1) is 0 Å². The number of ether oxygens (including phenoxy) is 1. The van der Waals surface area contributed by atoms with Gasteiger partial charge in [0.05, 0.1) is 12.2 Å². The molecule has 0 spiro atoms. The van der Waals surface area contributed by atoms with Crippen LogP contribution in [0.5, 0.6) is 0 Å². The van der Waals surface area contributed by atoms with Gasteiger partial charge in [-0.05, 0) is 32.6 Å². The zero-order valence-corrected chi connectivity index (χ0v) is 11.2. The minimum Gasteiger partial charge on any atom is -0.376 e. The van der Waals surface area contributed by atoms with Gasteiger partial charge < -0.3 is 9.64 Å². The molecule has 18 heavy (non-hydrogen) atoms. The Balaban J connectivity index is 2.02. The molecule has 1 saturated carbocycles. The lowest BCUT2D eigenvalue weighted by molar-refractivity contribution is -0.140. The monoisotopic (exact) mass is 250 g/mol. The third-order valence-corrected chi connectivity index (χ3v) is 4.20. The maximum absolute atomic E-state index is 12.6. The van der Waals surface area contributed by atoms with Gasteiger partial charge in [-0.2, -0.15) is 5.26 Å². The summed E-state index contributed by atoms with van der Waals surface area (Å²) >= 11 is 0. The second-order valence-electron chi connectivity index (χ2n) is 5.38. The van der Waals surface area contributed by atoms with E-state index in [4.69, 9.17) is 4.74 Å². The molecule has 0 radical (unpaired) electrons. The highest BCUT2D eigenvalue weighted by atomic mass is 16.5. The van der Waals surface area contributed by atoms with E-state index >= 15 is 0 Å². The molecule has 2 aliphatic rings. The molecule has 0 aromatic carbocycles. The summed E-state index contributed by atoms with van der Waals surface area (Å²) in [5.74, 6) is 0.0282. The minimum atomic E-state index is -0.741. The van der Waals surface area contributed by atoms with Crippen LogP contribution in [0.3, 0.4) is 0 Å². The van der Waals surface area contributed by atoms with Gasteiger partial charge in [-0.1, -0.05) is 12.8 Å². The van der Waals surface area contributed by atoms with Crippen molar-refractivity contribution in [3.8, 4) is 6.07 Å². The zero-order chi connectivity index (χ0) is 13.0. The molecule has 2 rings (SSSR count). The van der Waals surface area contributed by atoms with E-state index in [0.717, 1.165) is 45.1 Å². The van der Waals surface area contributed by atoms with Crippen LogP contribution in [-0.2, 0) is 9.53 Å². The van der Waals surface area contributed by atoms with Crippen molar-refractivity contribution in [1.29, 1.82) is 5.26 Å². The molecule has 0 bridgehead atoms. The average molecular weight is 250 g/mol. The summed E-state index contributed by atoms with van der Waals surface area (Å²) < 4.78 is 5.59. The fraction of sp³-hybridized carbons (Fsp3) is 0.857. The first-order valence-corrected chi connectivity index (χ1v) is 7.04. The molecule has 4 nitrogen and oxygen atoms in total. The fourth-order valence-corrected chi connectivity index (χ4v) is 3.04. The molecule has 1 aliphatic heterocycles. The van der Waals surface area contributed by atoms with Crippen LogP contribution in [0.2, 0.25) is 0 Å². The van der Waals surface area contributed by atoms with E-state index < -0.39 is 5.41 Å². The molecule has 1 heterocycles. The number of rotatable bonds is 4. The Hall–Kier alpha value is -1.08. The quantitative estimate of drug-likeness (QED) is 0.767. The standard InChI is InChI=1S/C14H22N2O2/c1-2-16(10-12-6-5-9-18-12)13(17)14(11-15)7-3-4-8-14/h12H,2-10H2,1H3. The van der Waals surface area contributed by atoms with E-state index in [9.17, 15) is 10.1 Å². The van der Waals surface area contributed by atoms with E-state index in [1.807, 2.05) is 11.8 Å². The Bertz CT molecular complexity index is 336. The summed E-state index contributed by atoms with van der Waals surface area (Å²) in [6, 6.07) is 2.28. The number of likely N-dealkylation sites (N-methyl/N-ethyl adjacent to an activating group) is 1. The van der Waals surface area contributed by atoms with Crippen molar-refractivity contribution in [2.24, 2.45) is 5.41 Å². The molecule has 1 saturated heterocycles. The van der Waals surface area contributed by atoms with Crippen molar-refractivity contribution in [3.63, 3.8) is 0 Å². The molecule has 1 amide bonds. The van der Waals surface area contributed by atoms with Crippen molar-refractivity contribution < 1.29 is 9.53 Å². The summed E-state index contributed by atoms with van der Waals surface area (Å²) in [7, 11) is 0. The number of hydrogen-bond donors (Lipinski definition) is 0. The molecule has 0 N–H and O–H groups in total. The Labute approximate surface area is 109 Å². The number of nitriles is 1. The molecule has 4 heteroatoms. The van der Waals surface area contributed by atoms with Crippen LogP contribution in [0, 0.1) is 16.7 Å². The molecule has 2 fully saturated rings. The first-order chi connectivity index (χ1) is 8.72. The molecular formula is C14H22N2O2. The van der Waals surface area contributed by atoms with E-state index in [2.05, 4.69) is 6.07 Å². The summed E-state index contributed by atoms with van der Waals surface area (Å²) in [4.78, 5) is 14.4.